The summed E-state index contributed by atoms with van der Waals surface area (Å²) in [6.07, 6.45) is 5.47. The van der Waals surface area contributed by atoms with Gasteiger partial charge in [-0.05, 0) is 38.5 Å². The number of amides is 1. The maximum atomic E-state index is 12.5. The molecule has 0 aromatic heterocycles. The van der Waals surface area contributed by atoms with Gasteiger partial charge >= 0.3 is 5.97 Å². The number of aliphatic carboxylic acids is 1. The van der Waals surface area contributed by atoms with Gasteiger partial charge in [0, 0.05) is 38.1 Å². The summed E-state index contributed by atoms with van der Waals surface area (Å²) in [7, 11) is 0. The maximum absolute atomic E-state index is 12.5. The first kappa shape index (κ1) is 13.9. The normalized spacial score (nSPS) is 32.1. The van der Waals surface area contributed by atoms with Crippen molar-refractivity contribution in [2.24, 2.45) is 11.8 Å². The first-order valence-corrected chi connectivity index (χ1v) is 7.91. The zero-order valence-corrected chi connectivity index (χ0v) is 12.0. The monoisotopic (exact) mass is 280 g/mol. The zero-order valence-electron chi connectivity index (χ0n) is 12.0. The molecule has 1 N–H and O–H groups in total. The molecule has 0 radical (unpaired) electrons. The Hall–Kier alpha value is -1.10. The van der Waals surface area contributed by atoms with Crippen LogP contribution >= 0.6 is 0 Å². The van der Waals surface area contributed by atoms with E-state index in [9.17, 15) is 9.59 Å². The average Bonchev–Trinajstić information content (AvgIpc) is 3.31. The van der Waals surface area contributed by atoms with Crippen LogP contribution in [0.25, 0.3) is 0 Å². The van der Waals surface area contributed by atoms with E-state index in [1.165, 1.54) is 12.8 Å². The van der Waals surface area contributed by atoms with Crippen molar-refractivity contribution in [1.29, 1.82) is 0 Å². The number of carbonyl (C=O) groups is 2. The van der Waals surface area contributed by atoms with E-state index in [-0.39, 0.29) is 17.7 Å². The van der Waals surface area contributed by atoms with Crippen molar-refractivity contribution in [1.82, 2.24) is 9.80 Å². The van der Waals surface area contributed by atoms with E-state index in [0.717, 1.165) is 45.1 Å². The topological polar surface area (TPSA) is 60.9 Å². The Morgan fingerprint density at radius 1 is 0.800 bits per heavy atom. The number of hydrogen-bond donors (Lipinski definition) is 1. The SMILES string of the molecule is O=C(O)C1CCC(C(=O)N2CCN(C3CC3)CC2)CC1. The van der Waals surface area contributed by atoms with Crippen LogP contribution in [0, 0.1) is 11.8 Å². The van der Waals surface area contributed by atoms with Crippen molar-refractivity contribution < 1.29 is 14.7 Å². The summed E-state index contributed by atoms with van der Waals surface area (Å²) in [6, 6.07) is 0.790. The van der Waals surface area contributed by atoms with Gasteiger partial charge in [0.25, 0.3) is 0 Å². The van der Waals surface area contributed by atoms with E-state index in [1.54, 1.807) is 0 Å². The Labute approximate surface area is 119 Å². The van der Waals surface area contributed by atoms with Crippen LogP contribution in [0.5, 0.6) is 0 Å². The predicted molar refractivity (Wildman–Crippen MR) is 74.3 cm³/mol. The summed E-state index contributed by atoms with van der Waals surface area (Å²) in [4.78, 5) is 27.9. The molecule has 20 heavy (non-hydrogen) atoms. The van der Waals surface area contributed by atoms with Gasteiger partial charge in [-0.2, -0.15) is 0 Å². The minimum atomic E-state index is -0.700. The second-order valence-electron chi connectivity index (χ2n) is 6.48. The molecule has 3 aliphatic rings. The number of nitrogens with zero attached hydrogens (tertiary/aromatic N) is 2. The molecule has 1 amide bonds. The van der Waals surface area contributed by atoms with Gasteiger partial charge < -0.3 is 10.0 Å². The summed E-state index contributed by atoms with van der Waals surface area (Å²) in [5.41, 5.74) is 0. The van der Waals surface area contributed by atoms with Gasteiger partial charge in [-0.1, -0.05) is 0 Å². The first-order valence-electron chi connectivity index (χ1n) is 7.91. The van der Waals surface area contributed by atoms with Crippen LogP contribution in [0.3, 0.4) is 0 Å². The second kappa shape index (κ2) is 5.72. The molecule has 0 aromatic rings. The average molecular weight is 280 g/mol. The minimum absolute atomic E-state index is 0.0677. The molecular weight excluding hydrogens is 256 g/mol. The van der Waals surface area contributed by atoms with E-state index in [4.69, 9.17) is 5.11 Å². The van der Waals surface area contributed by atoms with Gasteiger partial charge in [0.05, 0.1) is 5.92 Å². The van der Waals surface area contributed by atoms with Crippen LogP contribution < -0.4 is 0 Å². The van der Waals surface area contributed by atoms with Crippen molar-refractivity contribution in [3.63, 3.8) is 0 Å². The Kier molecular flexibility index (Phi) is 3.96. The van der Waals surface area contributed by atoms with Crippen LogP contribution in [-0.4, -0.2) is 59.0 Å². The molecule has 5 nitrogen and oxygen atoms in total. The maximum Gasteiger partial charge on any atom is 0.306 e. The van der Waals surface area contributed by atoms with Gasteiger partial charge in [-0.15, -0.1) is 0 Å². The largest absolute Gasteiger partial charge is 0.481 e. The molecule has 3 fully saturated rings. The van der Waals surface area contributed by atoms with E-state index < -0.39 is 5.97 Å². The Balaban J connectivity index is 1.46. The number of piperazine rings is 1. The Morgan fingerprint density at radius 3 is 1.85 bits per heavy atom. The number of carboxylic acid groups (broad SMARTS) is 1. The molecule has 112 valence electrons. The molecular formula is C15H24N2O3. The lowest BCUT2D eigenvalue weighted by Gasteiger charge is -2.37. The van der Waals surface area contributed by atoms with Gasteiger partial charge in [0.15, 0.2) is 0 Å². The number of hydrogen-bond acceptors (Lipinski definition) is 3. The van der Waals surface area contributed by atoms with Gasteiger partial charge in [-0.25, -0.2) is 0 Å². The second-order valence-corrected chi connectivity index (χ2v) is 6.48. The lowest BCUT2D eigenvalue weighted by atomic mass is 9.81. The summed E-state index contributed by atoms with van der Waals surface area (Å²) in [5.74, 6) is -0.595. The third-order valence-corrected chi connectivity index (χ3v) is 5.11. The van der Waals surface area contributed by atoms with Gasteiger partial charge in [-0.3, -0.25) is 14.5 Å². The van der Waals surface area contributed by atoms with Gasteiger partial charge in [0.2, 0.25) is 5.91 Å². The molecule has 5 heteroatoms. The van der Waals surface area contributed by atoms with E-state index in [2.05, 4.69) is 4.90 Å². The van der Waals surface area contributed by atoms with E-state index in [0.29, 0.717) is 12.8 Å². The molecule has 3 rings (SSSR count). The summed E-state index contributed by atoms with van der Waals surface area (Å²) in [5, 5.41) is 9.00. The first-order chi connectivity index (χ1) is 9.65. The fraction of sp³-hybridized carbons (Fsp3) is 0.867. The fourth-order valence-corrected chi connectivity index (χ4v) is 3.59. The van der Waals surface area contributed by atoms with E-state index >= 15 is 0 Å². The third kappa shape index (κ3) is 2.97. The number of rotatable bonds is 3. The fourth-order valence-electron chi connectivity index (χ4n) is 3.59. The number of carbonyl (C=O) groups excluding carboxylic acids is 1. The highest BCUT2D eigenvalue weighted by Gasteiger charge is 2.35. The Bertz CT molecular complexity index is 379. The lowest BCUT2D eigenvalue weighted by Crippen LogP contribution is -2.51. The van der Waals surface area contributed by atoms with E-state index in [1.807, 2.05) is 4.90 Å². The molecule has 2 aliphatic carbocycles. The smallest absolute Gasteiger partial charge is 0.306 e. The Morgan fingerprint density at radius 2 is 1.35 bits per heavy atom. The summed E-state index contributed by atoms with van der Waals surface area (Å²) in [6.45, 7) is 3.74. The van der Waals surface area contributed by atoms with Crippen molar-refractivity contribution in [2.45, 2.75) is 44.6 Å². The molecule has 0 unspecified atom stereocenters. The highest BCUT2D eigenvalue weighted by atomic mass is 16.4. The van der Waals surface area contributed by atoms with Crippen molar-refractivity contribution >= 4 is 11.9 Å². The molecule has 0 bridgehead atoms. The summed E-state index contributed by atoms with van der Waals surface area (Å²) >= 11 is 0. The summed E-state index contributed by atoms with van der Waals surface area (Å²) < 4.78 is 0. The van der Waals surface area contributed by atoms with Crippen molar-refractivity contribution in [3.05, 3.63) is 0 Å². The molecule has 2 saturated carbocycles. The quantitative estimate of drug-likeness (QED) is 0.843. The molecule has 0 aromatic carbocycles. The van der Waals surface area contributed by atoms with Crippen molar-refractivity contribution in [3.8, 4) is 0 Å². The van der Waals surface area contributed by atoms with Crippen LogP contribution in [0.2, 0.25) is 0 Å². The van der Waals surface area contributed by atoms with Crippen LogP contribution in [0.15, 0.2) is 0 Å². The highest BCUT2D eigenvalue weighted by molar-refractivity contribution is 5.79. The molecule has 0 spiro atoms. The minimum Gasteiger partial charge on any atom is -0.481 e. The molecule has 1 aliphatic heterocycles. The molecule has 1 saturated heterocycles. The van der Waals surface area contributed by atoms with Gasteiger partial charge in [0.1, 0.15) is 0 Å². The number of carboxylic acids is 1. The van der Waals surface area contributed by atoms with Crippen LogP contribution in [0.4, 0.5) is 0 Å². The molecule has 0 atom stereocenters. The standard InChI is InChI=1S/C15H24N2O3/c18-14(11-1-3-12(4-2-11)15(19)20)17-9-7-16(8-10-17)13-5-6-13/h11-13H,1-10H2,(H,19,20). The van der Waals surface area contributed by atoms with Crippen LogP contribution in [-0.2, 0) is 9.59 Å². The predicted octanol–water partition coefficient (Wildman–Crippen LogP) is 1.18. The third-order valence-electron chi connectivity index (χ3n) is 5.11. The zero-order chi connectivity index (χ0) is 14.1. The molecule has 1 heterocycles. The highest BCUT2D eigenvalue weighted by Crippen LogP contribution is 2.31. The lowest BCUT2D eigenvalue weighted by molar-refractivity contribution is -0.146. The van der Waals surface area contributed by atoms with Crippen LogP contribution in [0.1, 0.15) is 38.5 Å². The van der Waals surface area contributed by atoms with Crippen molar-refractivity contribution in [2.75, 3.05) is 26.2 Å².